The Kier molecular flexibility index (Phi) is 5.57. The highest BCUT2D eigenvalue weighted by Crippen LogP contribution is 2.33. The van der Waals surface area contributed by atoms with Crippen molar-refractivity contribution in [3.8, 4) is 0 Å². The van der Waals surface area contributed by atoms with Gasteiger partial charge in [0.05, 0.1) is 0 Å². The lowest BCUT2D eigenvalue weighted by Crippen LogP contribution is -2.25. The molecule has 1 nitrogen and oxygen atoms in total. The van der Waals surface area contributed by atoms with Crippen LogP contribution in [-0.4, -0.2) is 11.7 Å². The van der Waals surface area contributed by atoms with Crippen LogP contribution in [0.3, 0.4) is 0 Å². The smallest absolute Gasteiger partial charge is 0.0439 e. The third kappa shape index (κ3) is 4.32. The maximum atomic E-state index is 9.53. The van der Waals surface area contributed by atoms with Crippen molar-refractivity contribution in [3.05, 3.63) is 83.4 Å². The molecule has 2 aromatic carbocycles. The Morgan fingerprint density at radius 2 is 1.27 bits per heavy atom. The van der Waals surface area contributed by atoms with Gasteiger partial charge >= 0.3 is 0 Å². The monoisotopic (exact) mass is 294 g/mol. The highest BCUT2D eigenvalue weighted by Gasteiger charge is 2.27. The van der Waals surface area contributed by atoms with Crippen LogP contribution in [0.15, 0.2) is 61.2 Å². The topological polar surface area (TPSA) is 20.2 Å². The van der Waals surface area contributed by atoms with Gasteiger partial charge in [-0.05, 0) is 49.7 Å². The van der Waals surface area contributed by atoms with Gasteiger partial charge in [-0.3, -0.25) is 0 Å². The molecule has 0 saturated heterocycles. The average Bonchev–Trinajstić information content (AvgIpc) is 2.52. The molecule has 0 amide bonds. The Morgan fingerprint density at radius 3 is 1.59 bits per heavy atom. The lowest BCUT2D eigenvalue weighted by atomic mass is 9.74. The summed E-state index contributed by atoms with van der Waals surface area (Å²) in [7, 11) is 0. The van der Waals surface area contributed by atoms with Crippen molar-refractivity contribution in [1.82, 2.24) is 0 Å². The molecule has 0 saturated carbocycles. The highest BCUT2D eigenvalue weighted by molar-refractivity contribution is 5.27. The third-order valence-electron chi connectivity index (χ3n) is 4.40. The van der Waals surface area contributed by atoms with Gasteiger partial charge in [-0.25, -0.2) is 0 Å². The lowest BCUT2D eigenvalue weighted by Gasteiger charge is -2.30. The van der Waals surface area contributed by atoms with Crippen molar-refractivity contribution < 1.29 is 5.11 Å². The summed E-state index contributed by atoms with van der Waals surface area (Å²) in [5, 5.41) is 9.53. The van der Waals surface area contributed by atoms with Gasteiger partial charge in [-0.1, -0.05) is 65.7 Å². The molecule has 2 aromatic rings. The molecule has 22 heavy (non-hydrogen) atoms. The van der Waals surface area contributed by atoms with Crippen LogP contribution in [0, 0.1) is 19.3 Å². The summed E-state index contributed by atoms with van der Waals surface area (Å²) >= 11 is 0. The number of hydrogen-bond acceptors (Lipinski definition) is 1. The number of rotatable bonds is 7. The van der Waals surface area contributed by atoms with Gasteiger partial charge < -0.3 is 5.11 Å². The van der Waals surface area contributed by atoms with Crippen molar-refractivity contribution >= 4 is 0 Å². The van der Waals surface area contributed by atoms with Gasteiger partial charge in [-0.15, -0.1) is 6.58 Å². The van der Waals surface area contributed by atoms with Crippen molar-refractivity contribution in [2.24, 2.45) is 5.41 Å². The van der Waals surface area contributed by atoms with E-state index in [-0.39, 0.29) is 12.0 Å². The number of hydrogen-bond donors (Lipinski definition) is 1. The molecule has 1 N–H and O–H groups in total. The molecule has 0 aromatic heterocycles. The minimum Gasteiger partial charge on any atom is -0.396 e. The maximum Gasteiger partial charge on any atom is 0.0439 e. The highest BCUT2D eigenvalue weighted by atomic mass is 16.3. The summed E-state index contributed by atoms with van der Waals surface area (Å²) < 4.78 is 0. The molecule has 0 atom stereocenters. The van der Waals surface area contributed by atoms with E-state index in [0.717, 1.165) is 19.3 Å². The SMILES string of the molecule is C=CC(CCO)(Cc1ccc(C)cc1)Cc1ccc(C)cc1. The van der Waals surface area contributed by atoms with E-state index in [4.69, 9.17) is 0 Å². The third-order valence-corrected chi connectivity index (χ3v) is 4.40. The Balaban J connectivity index is 2.24. The Bertz CT molecular complexity index is 545. The number of benzene rings is 2. The molecule has 0 heterocycles. The van der Waals surface area contributed by atoms with E-state index in [1.165, 1.54) is 22.3 Å². The second-order valence-corrected chi connectivity index (χ2v) is 6.36. The van der Waals surface area contributed by atoms with E-state index in [1.54, 1.807) is 0 Å². The summed E-state index contributed by atoms with van der Waals surface area (Å²) in [6, 6.07) is 17.3. The first-order valence-electron chi connectivity index (χ1n) is 7.92. The minimum absolute atomic E-state index is 0.0980. The number of aliphatic hydroxyl groups is 1. The Hall–Kier alpha value is -1.86. The first-order chi connectivity index (χ1) is 10.6. The predicted octanol–water partition coefficient (Wildman–Crippen LogP) is 4.64. The fourth-order valence-electron chi connectivity index (χ4n) is 2.93. The lowest BCUT2D eigenvalue weighted by molar-refractivity contribution is 0.217. The van der Waals surface area contributed by atoms with E-state index < -0.39 is 0 Å². The zero-order valence-electron chi connectivity index (χ0n) is 13.7. The largest absolute Gasteiger partial charge is 0.396 e. The molecule has 0 unspecified atom stereocenters. The second-order valence-electron chi connectivity index (χ2n) is 6.36. The number of allylic oxidation sites excluding steroid dienone is 1. The van der Waals surface area contributed by atoms with Crippen LogP contribution < -0.4 is 0 Å². The normalized spacial score (nSPS) is 11.4. The fourth-order valence-corrected chi connectivity index (χ4v) is 2.93. The van der Waals surface area contributed by atoms with Gasteiger partial charge in [0.15, 0.2) is 0 Å². The Morgan fingerprint density at radius 1 is 0.864 bits per heavy atom. The molecule has 2 rings (SSSR count). The summed E-state index contributed by atoms with van der Waals surface area (Å²) in [4.78, 5) is 0. The molecule has 0 bridgehead atoms. The van der Waals surface area contributed by atoms with Gasteiger partial charge in [0, 0.05) is 6.61 Å². The number of aliphatic hydroxyl groups excluding tert-OH is 1. The Labute approximate surface area is 134 Å². The standard InChI is InChI=1S/C21H26O/c1-4-21(13-14-22,15-19-9-5-17(2)6-10-19)16-20-11-7-18(3)8-12-20/h4-12,22H,1,13-16H2,2-3H3. The van der Waals surface area contributed by atoms with Gasteiger partial charge in [0.1, 0.15) is 0 Å². The first kappa shape index (κ1) is 16.5. The molecule has 1 heteroatoms. The van der Waals surface area contributed by atoms with Gasteiger partial charge in [0.25, 0.3) is 0 Å². The summed E-state index contributed by atoms with van der Waals surface area (Å²) in [6.45, 7) is 8.46. The molecular formula is C21H26O. The van der Waals surface area contributed by atoms with Crippen LogP contribution in [0.2, 0.25) is 0 Å². The maximum absolute atomic E-state index is 9.53. The van der Waals surface area contributed by atoms with Crippen LogP contribution in [0.5, 0.6) is 0 Å². The zero-order chi connectivity index (χ0) is 16.0. The van der Waals surface area contributed by atoms with Gasteiger partial charge in [0.2, 0.25) is 0 Å². The molecule has 0 aliphatic rings. The fraction of sp³-hybridized carbons (Fsp3) is 0.333. The number of aryl methyl sites for hydroxylation is 2. The van der Waals surface area contributed by atoms with Gasteiger partial charge in [-0.2, -0.15) is 0 Å². The molecule has 0 radical (unpaired) electrons. The van der Waals surface area contributed by atoms with Crippen LogP contribution in [0.25, 0.3) is 0 Å². The molecule has 116 valence electrons. The molecule has 0 fully saturated rings. The van der Waals surface area contributed by atoms with E-state index in [0.29, 0.717) is 0 Å². The minimum atomic E-state index is -0.0980. The van der Waals surface area contributed by atoms with Crippen molar-refractivity contribution in [2.75, 3.05) is 6.61 Å². The van der Waals surface area contributed by atoms with Crippen LogP contribution >= 0.6 is 0 Å². The molecular weight excluding hydrogens is 268 g/mol. The van der Waals surface area contributed by atoms with Crippen molar-refractivity contribution in [3.63, 3.8) is 0 Å². The predicted molar refractivity (Wildman–Crippen MR) is 94.1 cm³/mol. The van der Waals surface area contributed by atoms with E-state index in [1.807, 2.05) is 6.08 Å². The van der Waals surface area contributed by atoms with Crippen molar-refractivity contribution in [2.45, 2.75) is 33.1 Å². The van der Waals surface area contributed by atoms with E-state index >= 15 is 0 Å². The molecule has 0 aliphatic carbocycles. The molecule has 0 spiro atoms. The average molecular weight is 294 g/mol. The second kappa shape index (κ2) is 7.42. The summed E-state index contributed by atoms with van der Waals surface area (Å²) in [5.41, 5.74) is 5.04. The summed E-state index contributed by atoms with van der Waals surface area (Å²) in [5.74, 6) is 0. The van der Waals surface area contributed by atoms with Crippen LogP contribution in [0.1, 0.15) is 28.7 Å². The van der Waals surface area contributed by atoms with Crippen LogP contribution in [-0.2, 0) is 12.8 Å². The van der Waals surface area contributed by atoms with E-state index in [2.05, 4.69) is 69.0 Å². The molecule has 0 aliphatic heterocycles. The quantitative estimate of drug-likeness (QED) is 0.737. The van der Waals surface area contributed by atoms with Crippen molar-refractivity contribution in [1.29, 1.82) is 0 Å². The summed E-state index contributed by atoms with van der Waals surface area (Å²) in [6.07, 6.45) is 4.58. The first-order valence-corrected chi connectivity index (χ1v) is 7.92. The zero-order valence-corrected chi connectivity index (χ0v) is 13.7. The van der Waals surface area contributed by atoms with E-state index in [9.17, 15) is 5.11 Å². The van der Waals surface area contributed by atoms with Crippen LogP contribution in [0.4, 0.5) is 0 Å².